The number of hydrogen-bond donors (Lipinski definition) is 1. The Morgan fingerprint density at radius 3 is 2.40 bits per heavy atom. The predicted molar refractivity (Wildman–Crippen MR) is 154 cm³/mol. The summed E-state index contributed by atoms with van der Waals surface area (Å²) in [6, 6.07) is 28.3. The molecule has 6 rings (SSSR count). The van der Waals surface area contributed by atoms with Crippen molar-refractivity contribution in [2.24, 2.45) is 0 Å². The van der Waals surface area contributed by atoms with E-state index in [1.807, 2.05) is 77.7 Å². The van der Waals surface area contributed by atoms with E-state index < -0.39 is 0 Å². The first kappa shape index (κ1) is 25.2. The van der Waals surface area contributed by atoms with Crippen LogP contribution in [0.15, 0.2) is 95.4 Å². The molecule has 0 bridgehead atoms. The SMILES string of the molecule is COc1cc(OC)cc(C(=O)Nc2cccc(-c3cc4c(o3)CCN(C(=O)c3cccc5ccccc35)C4)c2)c1. The summed E-state index contributed by atoms with van der Waals surface area (Å²) in [4.78, 5) is 28.3. The van der Waals surface area contributed by atoms with E-state index in [1.54, 1.807) is 32.4 Å². The largest absolute Gasteiger partial charge is 0.497 e. The molecule has 0 aliphatic carbocycles. The van der Waals surface area contributed by atoms with Gasteiger partial charge in [0.15, 0.2) is 0 Å². The van der Waals surface area contributed by atoms with Crippen LogP contribution in [0.5, 0.6) is 11.5 Å². The van der Waals surface area contributed by atoms with Crippen LogP contribution in [0.1, 0.15) is 32.0 Å². The van der Waals surface area contributed by atoms with Gasteiger partial charge in [0.1, 0.15) is 23.0 Å². The van der Waals surface area contributed by atoms with Gasteiger partial charge in [-0.25, -0.2) is 0 Å². The number of methoxy groups -OCH3 is 2. The van der Waals surface area contributed by atoms with Gasteiger partial charge in [0, 0.05) is 53.5 Å². The lowest BCUT2D eigenvalue weighted by molar-refractivity contribution is 0.0732. The van der Waals surface area contributed by atoms with E-state index in [-0.39, 0.29) is 11.8 Å². The van der Waals surface area contributed by atoms with E-state index in [0.717, 1.165) is 27.7 Å². The van der Waals surface area contributed by atoms with Crippen LogP contribution in [0.4, 0.5) is 5.69 Å². The van der Waals surface area contributed by atoms with Gasteiger partial charge >= 0.3 is 0 Å². The van der Waals surface area contributed by atoms with Crippen LogP contribution in [0, 0.1) is 0 Å². The second-order valence-electron chi connectivity index (χ2n) is 9.70. The normalized spacial score (nSPS) is 12.6. The summed E-state index contributed by atoms with van der Waals surface area (Å²) in [5, 5.41) is 4.95. The van der Waals surface area contributed by atoms with Gasteiger partial charge in [0.05, 0.1) is 14.2 Å². The summed E-state index contributed by atoms with van der Waals surface area (Å²) in [5.41, 5.74) is 3.59. The summed E-state index contributed by atoms with van der Waals surface area (Å²) in [5.74, 6) is 2.39. The average Bonchev–Trinajstić information content (AvgIpc) is 3.44. The van der Waals surface area contributed by atoms with Gasteiger partial charge in [-0.15, -0.1) is 0 Å². The number of ether oxygens (including phenoxy) is 2. The number of amides is 2. The van der Waals surface area contributed by atoms with Crippen molar-refractivity contribution in [2.75, 3.05) is 26.1 Å². The molecule has 0 saturated carbocycles. The highest BCUT2D eigenvalue weighted by atomic mass is 16.5. The topological polar surface area (TPSA) is 81.0 Å². The van der Waals surface area contributed by atoms with Gasteiger partial charge in [0.2, 0.25) is 0 Å². The molecule has 0 saturated heterocycles. The molecular formula is C33H28N2O5. The minimum Gasteiger partial charge on any atom is -0.497 e. The zero-order chi connectivity index (χ0) is 27.6. The van der Waals surface area contributed by atoms with Crippen LogP contribution in [-0.4, -0.2) is 37.5 Å². The van der Waals surface area contributed by atoms with E-state index in [9.17, 15) is 9.59 Å². The zero-order valence-corrected chi connectivity index (χ0v) is 22.3. The van der Waals surface area contributed by atoms with E-state index >= 15 is 0 Å². The lowest BCUT2D eigenvalue weighted by atomic mass is 10.0. The minimum absolute atomic E-state index is 0.0177. The molecule has 7 nitrogen and oxygen atoms in total. The Balaban J connectivity index is 1.20. The van der Waals surface area contributed by atoms with Crippen molar-refractivity contribution in [1.29, 1.82) is 0 Å². The number of carbonyl (C=O) groups excluding carboxylic acids is 2. The Hall–Kier alpha value is -5.04. The first-order valence-electron chi connectivity index (χ1n) is 13.1. The van der Waals surface area contributed by atoms with Crippen molar-refractivity contribution in [2.45, 2.75) is 13.0 Å². The maximum atomic E-state index is 13.5. The third-order valence-electron chi connectivity index (χ3n) is 7.19. The molecule has 1 N–H and O–H groups in total. The molecule has 0 fully saturated rings. The fourth-order valence-electron chi connectivity index (χ4n) is 5.12. The van der Waals surface area contributed by atoms with Crippen LogP contribution in [0.25, 0.3) is 22.1 Å². The van der Waals surface area contributed by atoms with Crippen LogP contribution in [-0.2, 0) is 13.0 Å². The summed E-state index contributed by atoms with van der Waals surface area (Å²) in [7, 11) is 3.09. The zero-order valence-electron chi connectivity index (χ0n) is 22.3. The van der Waals surface area contributed by atoms with Crippen LogP contribution < -0.4 is 14.8 Å². The van der Waals surface area contributed by atoms with E-state index in [0.29, 0.717) is 53.6 Å². The number of furan rings is 1. The van der Waals surface area contributed by atoms with Gasteiger partial charge in [-0.3, -0.25) is 9.59 Å². The monoisotopic (exact) mass is 532 g/mol. The summed E-state index contributed by atoms with van der Waals surface area (Å²) >= 11 is 0. The van der Waals surface area contributed by atoms with Crippen LogP contribution >= 0.6 is 0 Å². The number of anilines is 1. The number of hydrogen-bond acceptors (Lipinski definition) is 5. The van der Waals surface area contributed by atoms with Gasteiger partial charge in [-0.1, -0.05) is 48.5 Å². The maximum Gasteiger partial charge on any atom is 0.255 e. The van der Waals surface area contributed by atoms with Gasteiger partial charge < -0.3 is 24.1 Å². The van der Waals surface area contributed by atoms with E-state index in [2.05, 4.69) is 5.32 Å². The van der Waals surface area contributed by atoms with Crippen molar-refractivity contribution < 1.29 is 23.5 Å². The predicted octanol–water partition coefficient (Wildman–Crippen LogP) is 6.57. The highest BCUT2D eigenvalue weighted by molar-refractivity contribution is 6.07. The fourth-order valence-corrected chi connectivity index (χ4v) is 5.12. The van der Waals surface area contributed by atoms with Crippen molar-refractivity contribution in [1.82, 2.24) is 4.90 Å². The third kappa shape index (κ3) is 4.89. The molecule has 4 aromatic carbocycles. The summed E-state index contributed by atoms with van der Waals surface area (Å²) in [6.45, 7) is 1.07. The molecule has 200 valence electrons. The molecule has 1 aliphatic rings. The van der Waals surface area contributed by atoms with Gasteiger partial charge in [-0.05, 0) is 47.2 Å². The Labute approximate surface area is 231 Å². The molecule has 2 heterocycles. The van der Waals surface area contributed by atoms with Crippen molar-refractivity contribution in [3.63, 3.8) is 0 Å². The van der Waals surface area contributed by atoms with Crippen molar-refractivity contribution in [3.8, 4) is 22.8 Å². The molecular weight excluding hydrogens is 504 g/mol. The molecule has 5 aromatic rings. The molecule has 1 aliphatic heterocycles. The number of fused-ring (bicyclic) bond motifs is 2. The first-order valence-corrected chi connectivity index (χ1v) is 13.1. The van der Waals surface area contributed by atoms with E-state index in [1.165, 1.54) is 0 Å². The molecule has 0 unspecified atom stereocenters. The molecule has 0 spiro atoms. The second kappa shape index (κ2) is 10.6. The van der Waals surface area contributed by atoms with Crippen LogP contribution in [0.3, 0.4) is 0 Å². The number of rotatable bonds is 6. The van der Waals surface area contributed by atoms with Gasteiger partial charge in [0.25, 0.3) is 11.8 Å². The van der Waals surface area contributed by atoms with Crippen molar-refractivity contribution >= 4 is 28.3 Å². The smallest absolute Gasteiger partial charge is 0.255 e. The average molecular weight is 533 g/mol. The van der Waals surface area contributed by atoms with E-state index in [4.69, 9.17) is 13.9 Å². The maximum absolute atomic E-state index is 13.5. The Morgan fingerprint density at radius 2 is 1.60 bits per heavy atom. The summed E-state index contributed by atoms with van der Waals surface area (Å²) in [6.07, 6.45) is 0.639. The van der Waals surface area contributed by atoms with Gasteiger partial charge in [-0.2, -0.15) is 0 Å². The third-order valence-corrected chi connectivity index (χ3v) is 7.19. The molecule has 0 radical (unpaired) electrons. The quantitative estimate of drug-likeness (QED) is 0.268. The van der Waals surface area contributed by atoms with Crippen molar-refractivity contribution in [3.05, 3.63) is 113 Å². The molecule has 40 heavy (non-hydrogen) atoms. The number of nitrogens with one attached hydrogen (secondary N) is 1. The highest BCUT2D eigenvalue weighted by Gasteiger charge is 2.26. The Bertz CT molecular complexity index is 1710. The summed E-state index contributed by atoms with van der Waals surface area (Å²) < 4.78 is 16.8. The number of nitrogens with zero attached hydrogens (tertiary/aromatic N) is 1. The molecule has 7 heteroatoms. The standard InChI is InChI=1S/C33H28N2O5/c1-38-26-16-23(17-27(19-26)39-2)32(36)34-25-10-5-9-22(15-25)31-18-24-20-35(14-13-30(24)40-31)33(37)29-12-6-8-21-7-3-4-11-28(21)29/h3-12,15-19H,13-14,20H2,1-2H3,(H,34,36). The molecule has 2 amide bonds. The Morgan fingerprint density at radius 1 is 0.850 bits per heavy atom. The lowest BCUT2D eigenvalue weighted by Gasteiger charge is -2.26. The number of benzene rings is 4. The highest BCUT2D eigenvalue weighted by Crippen LogP contribution is 2.32. The molecule has 0 atom stereocenters. The second-order valence-corrected chi connectivity index (χ2v) is 9.70. The Kier molecular flexibility index (Phi) is 6.70. The lowest BCUT2D eigenvalue weighted by Crippen LogP contribution is -2.35. The molecule has 1 aromatic heterocycles. The van der Waals surface area contributed by atoms with Crippen LogP contribution in [0.2, 0.25) is 0 Å². The minimum atomic E-state index is -0.282. The first-order chi connectivity index (χ1) is 19.5. The fraction of sp³-hybridized carbons (Fsp3) is 0.152. The number of carbonyl (C=O) groups is 2.